The van der Waals surface area contributed by atoms with E-state index >= 15 is 0 Å². The highest BCUT2D eigenvalue weighted by Crippen LogP contribution is 2.00. The molecule has 64 valence electrons. The van der Waals surface area contributed by atoms with Crippen molar-refractivity contribution in [1.29, 1.82) is 0 Å². The van der Waals surface area contributed by atoms with E-state index in [1.165, 1.54) is 5.56 Å². The van der Waals surface area contributed by atoms with Crippen LogP contribution >= 0.6 is 0 Å². The van der Waals surface area contributed by atoms with E-state index in [0.717, 1.165) is 12.8 Å². The molecule has 0 fully saturated rings. The van der Waals surface area contributed by atoms with E-state index in [2.05, 4.69) is 22.8 Å². The maximum absolute atomic E-state index is 9.66. The lowest BCUT2D eigenvalue weighted by Gasteiger charge is -1.98. The number of aryl methyl sites for hydroxylation is 1. The zero-order chi connectivity index (χ0) is 8.65. The Balaban J connectivity index is 2.20. The SMILES string of the molecule is O=NNCCCc1ccccc1. The summed E-state index contributed by atoms with van der Waals surface area (Å²) in [6.07, 6.45) is 1.93. The molecule has 0 radical (unpaired) electrons. The Hall–Kier alpha value is -1.38. The minimum absolute atomic E-state index is 0.651. The summed E-state index contributed by atoms with van der Waals surface area (Å²) in [7, 11) is 0. The molecule has 1 aromatic rings. The molecule has 0 aliphatic carbocycles. The van der Waals surface area contributed by atoms with Crippen LogP contribution in [0.4, 0.5) is 0 Å². The molecule has 3 heteroatoms. The van der Waals surface area contributed by atoms with Gasteiger partial charge in [0.15, 0.2) is 0 Å². The smallest absolute Gasteiger partial charge is 0.0496 e. The number of benzene rings is 1. The largest absolute Gasteiger partial charge is 0.274 e. The Morgan fingerprint density at radius 1 is 1.25 bits per heavy atom. The van der Waals surface area contributed by atoms with Crippen molar-refractivity contribution in [2.45, 2.75) is 12.8 Å². The Morgan fingerprint density at radius 2 is 2.00 bits per heavy atom. The molecular weight excluding hydrogens is 152 g/mol. The highest BCUT2D eigenvalue weighted by atomic mass is 16.3. The van der Waals surface area contributed by atoms with Gasteiger partial charge in [0.1, 0.15) is 0 Å². The van der Waals surface area contributed by atoms with Crippen LogP contribution < -0.4 is 5.43 Å². The van der Waals surface area contributed by atoms with Gasteiger partial charge in [-0.1, -0.05) is 30.3 Å². The first kappa shape index (κ1) is 8.71. The van der Waals surface area contributed by atoms with Gasteiger partial charge in [0, 0.05) is 11.8 Å². The molecule has 0 aliphatic rings. The Bertz CT molecular complexity index is 223. The molecule has 0 heterocycles. The highest BCUT2D eigenvalue weighted by Gasteiger charge is 1.90. The monoisotopic (exact) mass is 164 g/mol. The zero-order valence-corrected chi connectivity index (χ0v) is 6.86. The Morgan fingerprint density at radius 3 is 2.67 bits per heavy atom. The minimum atomic E-state index is 0.651. The second-order valence-corrected chi connectivity index (χ2v) is 2.59. The van der Waals surface area contributed by atoms with E-state index in [1.54, 1.807) is 0 Å². The minimum Gasteiger partial charge on any atom is -0.274 e. The van der Waals surface area contributed by atoms with Gasteiger partial charge in [-0.05, 0) is 18.4 Å². The summed E-state index contributed by atoms with van der Waals surface area (Å²) in [6, 6.07) is 10.2. The molecule has 0 spiro atoms. The van der Waals surface area contributed by atoms with Gasteiger partial charge >= 0.3 is 0 Å². The third-order valence-electron chi connectivity index (χ3n) is 1.66. The fourth-order valence-electron chi connectivity index (χ4n) is 1.06. The highest BCUT2D eigenvalue weighted by molar-refractivity contribution is 5.14. The third-order valence-corrected chi connectivity index (χ3v) is 1.66. The van der Waals surface area contributed by atoms with Crippen LogP contribution in [0.15, 0.2) is 35.6 Å². The van der Waals surface area contributed by atoms with Gasteiger partial charge in [0.25, 0.3) is 0 Å². The second-order valence-electron chi connectivity index (χ2n) is 2.59. The Labute approximate surface area is 71.7 Å². The van der Waals surface area contributed by atoms with Crippen LogP contribution in [0.25, 0.3) is 0 Å². The predicted molar refractivity (Wildman–Crippen MR) is 48.6 cm³/mol. The molecule has 0 unspecified atom stereocenters. The second kappa shape index (κ2) is 5.29. The number of rotatable bonds is 5. The summed E-state index contributed by atoms with van der Waals surface area (Å²) in [4.78, 5) is 9.66. The molecule has 1 N–H and O–H groups in total. The molecule has 3 nitrogen and oxygen atoms in total. The summed E-state index contributed by atoms with van der Waals surface area (Å²) < 4.78 is 0. The summed E-state index contributed by atoms with van der Waals surface area (Å²) in [6.45, 7) is 0.651. The molecule has 0 saturated heterocycles. The van der Waals surface area contributed by atoms with Crippen molar-refractivity contribution in [3.05, 3.63) is 40.8 Å². The van der Waals surface area contributed by atoms with Gasteiger partial charge in [-0.25, -0.2) is 0 Å². The topological polar surface area (TPSA) is 41.5 Å². The van der Waals surface area contributed by atoms with E-state index in [0.29, 0.717) is 6.54 Å². The first-order valence-corrected chi connectivity index (χ1v) is 4.02. The lowest BCUT2D eigenvalue weighted by atomic mass is 10.1. The normalized spacial score (nSPS) is 9.33. The van der Waals surface area contributed by atoms with Crippen LogP contribution in [0.5, 0.6) is 0 Å². The first-order valence-electron chi connectivity index (χ1n) is 4.02. The van der Waals surface area contributed by atoms with Gasteiger partial charge in [-0.15, -0.1) is 4.91 Å². The van der Waals surface area contributed by atoms with Crippen LogP contribution in [-0.2, 0) is 6.42 Å². The number of nitroso groups, excluding NO2 is 1. The fraction of sp³-hybridized carbons (Fsp3) is 0.333. The van der Waals surface area contributed by atoms with Crippen molar-refractivity contribution >= 4 is 0 Å². The van der Waals surface area contributed by atoms with Crippen molar-refractivity contribution in [1.82, 2.24) is 5.43 Å². The van der Waals surface area contributed by atoms with Crippen LogP contribution in [0, 0.1) is 4.91 Å². The van der Waals surface area contributed by atoms with Crippen molar-refractivity contribution in [2.75, 3.05) is 6.54 Å². The lowest BCUT2D eigenvalue weighted by Crippen LogP contribution is -2.06. The van der Waals surface area contributed by atoms with Gasteiger partial charge in [0.2, 0.25) is 0 Å². The predicted octanol–water partition coefficient (Wildman–Crippen LogP) is 1.89. The van der Waals surface area contributed by atoms with E-state index < -0.39 is 0 Å². The molecule has 1 aromatic carbocycles. The summed E-state index contributed by atoms with van der Waals surface area (Å²) >= 11 is 0. The molecule has 0 aliphatic heterocycles. The van der Waals surface area contributed by atoms with Crippen LogP contribution in [-0.4, -0.2) is 6.54 Å². The first-order chi connectivity index (χ1) is 5.93. The van der Waals surface area contributed by atoms with Gasteiger partial charge in [-0.3, -0.25) is 5.43 Å². The van der Waals surface area contributed by atoms with Gasteiger partial charge < -0.3 is 0 Å². The maximum Gasteiger partial charge on any atom is 0.0496 e. The third kappa shape index (κ3) is 3.14. The van der Waals surface area contributed by atoms with Crippen LogP contribution in [0.1, 0.15) is 12.0 Å². The standard InChI is InChI=1S/C9H12N2O/c12-11-10-8-4-7-9-5-2-1-3-6-9/h1-3,5-6H,4,7-8H2,(H,10,12). The number of nitrogens with one attached hydrogen (secondary N) is 1. The zero-order valence-electron chi connectivity index (χ0n) is 6.86. The van der Waals surface area contributed by atoms with Crippen molar-refractivity contribution in [3.63, 3.8) is 0 Å². The quantitative estimate of drug-likeness (QED) is 0.410. The van der Waals surface area contributed by atoms with E-state index in [9.17, 15) is 4.91 Å². The van der Waals surface area contributed by atoms with E-state index in [-0.39, 0.29) is 0 Å². The summed E-state index contributed by atoms with van der Waals surface area (Å²) in [5, 5.41) is 2.57. The molecule has 0 saturated carbocycles. The van der Waals surface area contributed by atoms with E-state index in [4.69, 9.17) is 0 Å². The molecule has 1 rings (SSSR count). The average molecular weight is 164 g/mol. The van der Waals surface area contributed by atoms with Gasteiger partial charge in [-0.2, -0.15) is 0 Å². The number of nitrogens with zero attached hydrogens (tertiary/aromatic N) is 1. The molecular formula is C9H12N2O. The summed E-state index contributed by atoms with van der Waals surface area (Å²) in [5.41, 5.74) is 3.68. The fourth-order valence-corrected chi connectivity index (χ4v) is 1.06. The Kier molecular flexibility index (Phi) is 3.84. The van der Waals surface area contributed by atoms with Crippen molar-refractivity contribution in [3.8, 4) is 0 Å². The average Bonchev–Trinajstić information content (AvgIpc) is 2.14. The number of hydrogen-bond donors (Lipinski definition) is 1. The van der Waals surface area contributed by atoms with Crippen LogP contribution in [0.3, 0.4) is 0 Å². The summed E-state index contributed by atoms with van der Waals surface area (Å²) in [5.74, 6) is 0. The molecule has 0 bridgehead atoms. The molecule has 0 atom stereocenters. The molecule has 0 aromatic heterocycles. The molecule has 0 amide bonds. The van der Waals surface area contributed by atoms with Crippen molar-refractivity contribution < 1.29 is 0 Å². The van der Waals surface area contributed by atoms with E-state index in [1.807, 2.05) is 18.2 Å². The maximum atomic E-state index is 9.66. The van der Waals surface area contributed by atoms with Gasteiger partial charge in [0.05, 0.1) is 0 Å². The number of hydrogen-bond acceptors (Lipinski definition) is 2. The lowest BCUT2D eigenvalue weighted by molar-refractivity contribution is 0.677. The molecule has 12 heavy (non-hydrogen) atoms. The van der Waals surface area contributed by atoms with Crippen LogP contribution in [0.2, 0.25) is 0 Å². The van der Waals surface area contributed by atoms with Crippen molar-refractivity contribution in [2.24, 2.45) is 5.29 Å².